The predicted octanol–water partition coefficient (Wildman–Crippen LogP) is -0.680. The Labute approximate surface area is 86.8 Å². The summed E-state index contributed by atoms with van der Waals surface area (Å²) in [6.07, 6.45) is 0.879. The standard InChI is InChI=1S/C8H13N5O2/c1-12-3-2-4-13(5-6(12)14)8-11-10-7(9)15-8/h2-5H2,1H3,(H2,9,10). The minimum Gasteiger partial charge on any atom is -0.390 e. The molecule has 2 rings (SSSR count). The normalized spacial score (nSPS) is 18.1. The van der Waals surface area contributed by atoms with Crippen LogP contribution in [0.1, 0.15) is 6.42 Å². The van der Waals surface area contributed by atoms with Crippen LogP contribution in [0, 0.1) is 0 Å². The smallest absolute Gasteiger partial charge is 0.319 e. The number of rotatable bonds is 1. The Morgan fingerprint density at radius 2 is 2.20 bits per heavy atom. The highest BCUT2D eigenvalue weighted by molar-refractivity contribution is 5.80. The summed E-state index contributed by atoms with van der Waals surface area (Å²) in [7, 11) is 1.79. The zero-order chi connectivity index (χ0) is 10.8. The second kappa shape index (κ2) is 3.76. The van der Waals surface area contributed by atoms with Crippen molar-refractivity contribution in [3.05, 3.63) is 0 Å². The second-order valence-corrected chi connectivity index (χ2v) is 3.51. The van der Waals surface area contributed by atoms with E-state index < -0.39 is 0 Å². The SMILES string of the molecule is CN1CCCN(c2nnc(N)o2)CC1=O. The zero-order valence-corrected chi connectivity index (χ0v) is 8.51. The fraction of sp³-hybridized carbons (Fsp3) is 0.625. The fourth-order valence-corrected chi connectivity index (χ4v) is 1.50. The molecule has 0 aliphatic carbocycles. The van der Waals surface area contributed by atoms with Gasteiger partial charge in [-0.1, -0.05) is 10.2 Å². The zero-order valence-electron chi connectivity index (χ0n) is 8.51. The molecule has 0 spiro atoms. The van der Waals surface area contributed by atoms with Crippen molar-refractivity contribution in [2.75, 3.05) is 37.3 Å². The summed E-state index contributed by atoms with van der Waals surface area (Å²) in [6.45, 7) is 1.73. The molecule has 1 aromatic heterocycles. The number of hydrogen-bond acceptors (Lipinski definition) is 6. The minimum absolute atomic E-state index is 0.0232. The number of likely N-dealkylation sites (N-methyl/N-ethyl adjacent to an activating group) is 1. The van der Waals surface area contributed by atoms with E-state index in [0.29, 0.717) is 6.01 Å². The largest absolute Gasteiger partial charge is 0.390 e. The van der Waals surface area contributed by atoms with Gasteiger partial charge < -0.3 is 20.0 Å². The molecule has 0 saturated carbocycles. The minimum atomic E-state index is 0.0232. The number of amides is 1. The molecule has 0 unspecified atom stereocenters. The molecule has 15 heavy (non-hydrogen) atoms. The van der Waals surface area contributed by atoms with Gasteiger partial charge in [0.2, 0.25) is 5.91 Å². The van der Waals surface area contributed by atoms with E-state index in [1.54, 1.807) is 16.8 Å². The van der Waals surface area contributed by atoms with Crippen LogP contribution in [0.4, 0.5) is 12.0 Å². The van der Waals surface area contributed by atoms with Crippen molar-refractivity contribution >= 4 is 17.9 Å². The topological polar surface area (TPSA) is 88.5 Å². The first kappa shape index (κ1) is 9.75. The van der Waals surface area contributed by atoms with Crippen LogP contribution in [-0.2, 0) is 4.79 Å². The Bertz CT molecular complexity index is 364. The van der Waals surface area contributed by atoms with Gasteiger partial charge in [-0.15, -0.1) is 0 Å². The average molecular weight is 211 g/mol. The molecule has 0 aromatic carbocycles. The lowest BCUT2D eigenvalue weighted by Crippen LogP contribution is -2.34. The van der Waals surface area contributed by atoms with Gasteiger partial charge in [0, 0.05) is 20.1 Å². The Morgan fingerprint density at radius 3 is 2.87 bits per heavy atom. The quantitative estimate of drug-likeness (QED) is 0.662. The highest BCUT2D eigenvalue weighted by atomic mass is 16.4. The van der Waals surface area contributed by atoms with Crippen LogP contribution in [0.2, 0.25) is 0 Å². The summed E-state index contributed by atoms with van der Waals surface area (Å²) in [5, 5.41) is 7.32. The van der Waals surface area contributed by atoms with Gasteiger partial charge in [-0.3, -0.25) is 4.79 Å². The van der Waals surface area contributed by atoms with Crippen molar-refractivity contribution < 1.29 is 9.21 Å². The Hall–Kier alpha value is -1.79. The van der Waals surface area contributed by atoms with Crippen molar-refractivity contribution in [1.82, 2.24) is 15.1 Å². The molecule has 1 aliphatic heterocycles. The Morgan fingerprint density at radius 1 is 1.40 bits per heavy atom. The summed E-state index contributed by atoms with van der Waals surface area (Å²) in [4.78, 5) is 15.0. The molecule has 0 radical (unpaired) electrons. The van der Waals surface area contributed by atoms with E-state index in [4.69, 9.17) is 10.2 Å². The maximum atomic E-state index is 11.6. The van der Waals surface area contributed by atoms with Gasteiger partial charge in [-0.25, -0.2) is 0 Å². The number of anilines is 2. The molecule has 1 aliphatic rings. The lowest BCUT2D eigenvalue weighted by atomic mass is 10.4. The third-order valence-electron chi connectivity index (χ3n) is 2.37. The summed E-state index contributed by atoms with van der Waals surface area (Å²) >= 11 is 0. The molecular formula is C8H13N5O2. The van der Waals surface area contributed by atoms with E-state index in [-0.39, 0.29) is 18.5 Å². The Kier molecular flexibility index (Phi) is 2.44. The molecule has 1 saturated heterocycles. The first-order valence-corrected chi connectivity index (χ1v) is 4.74. The van der Waals surface area contributed by atoms with E-state index >= 15 is 0 Å². The van der Waals surface area contributed by atoms with Crippen LogP contribution in [0.5, 0.6) is 0 Å². The van der Waals surface area contributed by atoms with Gasteiger partial charge in [0.25, 0.3) is 0 Å². The number of carbonyl (C=O) groups is 1. The van der Waals surface area contributed by atoms with E-state index in [1.165, 1.54) is 0 Å². The summed E-state index contributed by atoms with van der Waals surface area (Å²) in [5.74, 6) is 0.0456. The van der Waals surface area contributed by atoms with E-state index in [9.17, 15) is 4.79 Å². The first-order valence-electron chi connectivity index (χ1n) is 4.74. The van der Waals surface area contributed by atoms with Gasteiger partial charge in [0.1, 0.15) is 6.54 Å². The number of nitrogen functional groups attached to an aromatic ring is 1. The van der Waals surface area contributed by atoms with Gasteiger partial charge >= 0.3 is 12.0 Å². The van der Waals surface area contributed by atoms with Crippen molar-refractivity contribution in [3.63, 3.8) is 0 Å². The summed E-state index contributed by atoms with van der Waals surface area (Å²) in [6, 6.07) is 0.339. The number of aromatic nitrogens is 2. The van der Waals surface area contributed by atoms with Crippen LogP contribution in [-0.4, -0.2) is 47.7 Å². The highest BCUT2D eigenvalue weighted by Crippen LogP contribution is 2.15. The first-order chi connectivity index (χ1) is 7.16. The van der Waals surface area contributed by atoms with E-state index in [2.05, 4.69) is 10.2 Å². The van der Waals surface area contributed by atoms with Crippen LogP contribution < -0.4 is 10.6 Å². The number of nitrogens with two attached hydrogens (primary N) is 1. The van der Waals surface area contributed by atoms with Crippen LogP contribution in [0.25, 0.3) is 0 Å². The maximum absolute atomic E-state index is 11.6. The molecular weight excluding hydrogens is 198 g/mol. The number of hydrogen-bond donors (Lipinski definition) is 1. The summed E-state index contributed by atoms with van der Waals surface area (Å²) < 4.78 is 5.07. The van der Waals surface area contributed by atoms with Gasteiger partial charge in [-0.2, -0.15) is 0 Å². The van der Waals surface area contributed by atoms with E-state index in [1.807, 2.05) is 0 Å². The van der Waals surface area contributed by atoms with Crippen molar-refractivity contribution in [2.24, 2.45) is 0 Å². The Balaban J connectivity index is 2.13. The number of nitrogens with zero attached hydrogens (tertiary/aromatic N) is 4. The lowest BCUT2D eigenvalue weighted by molar-refractivity contribution is -0.127. The van der Waals surface area contributed by atoms with Gasteiger partial charge in [0.05, 0.1) is 0 Å². The fourth-order valence-electron chi connectivity index (χ4n) is 1.50. The molecule has 2 N–H and O–H groups in total. The molecule has 7 nitrogen and oxygen atoms in total. The van der Waals surface area contributed by atoms with Crippen LogP contribution in [0.3, 0.4) is 0 Å². The maximum Gasteiger partial charge on any atom is 0.319 e. The number of carbonyl (C=O) groups excluding carboxylic acids is 1. The molecule has 82 valence electrons. The van der Waals surface area contributed by atoms with Gasteiger partial charge in [0.15, 0.2) is 0 Å². The van der Waals surface area contributed by atoms with Crippen LogP contribution >= 0.6 is 0 Å². The van der Waals surface area contributed by atoms with Crippen molar-refractivity contribution in [2.45, 2.75) is 6.42 Å². The lowest BCUT2D eigenvalue weighted by Gasteiger charge is -2.16. The van der Waals surface area contributed by atoms with Crippen molar-refractivity contribution in [1.29, 1.82) is 0 Å². The molecule has 1 fully saturated rings. The third-order valence-corrected chi connectivity index (χ3v) is 2.37. The predicted molar refractivity (Wildman–Crippen MR) is 53.2 cm³/mol. The summed E-state index contributed by atoms with van der Waals surface area (Å²) in [5.41, 5.74) is 5.32. The van der Waals surface area contributed by atoms with Crippen molar-refractivity contribution in [3.8, 4) is 0 Å². The monoisotopic (exact) mass is 211 g/mol. The van der Waals surface area contributed by atoms with Crippen LogP contribution in [0.15, 0.2) is 4.42 Å². The second-order valence-electron chi connectivity index (χ2n) is 3.51. The third kappa shape index (κ3) is 2.00. The van der Waals surface area contributed by atoms with Gasteiger partial charge in [-0.05, 0) is 6.42 Å². The molecule has 0 bridgehead atoms. The molecule has 0 atom stereocenters. The average Bonchev–Trinajstić information content (AvgIpc) is 2.55. The van der Waals surface area contributed by atoms with E-state index in [0.717, 1.165) is 19.5 Å². The molecule has 7 heteroatoms. The highest BCUT2D eigenvalue weighted by Gasteiger charge is 2.22. The molecule has 1 aromatic rings. The molecule has 2 heterocycles. The molecule has 1 amide bonds.